The number of allylic oxidation sites excluding steroid dienone is 1. The van der Waals surface area contributed by atoms with Crippen LogP contribution in [0.3, 0.4) is 0 Å². The van der Waals surface area contributed by atoms with Crippen LogP contribution in [0.5, 0.6) is 0 Å². The van der Waals surface area contributed by atoms with Crippen molar-refractivity contribution >= 4 is 29.1 Å². The molecule has 3 rings (SSSR count). The number of anilines is 3. The first-order chi connectivity index (χ1) is 11.7. The molecule has 0 atom stereocenters. The van der Waals surface area contributed by atoms with Gasteiger partial charge in [-0.05, 0) is 35.9 Å². The van der Waals surface area contributed by atoms with Crippen molar-refractivity contribution in [3.8, 4) is 0 Å². The van der Waals surface area contributed by atoms with Gasteiger partial charge in [0.05, 0.1) is 5.69 Å². The summed E-state index contributed by atoms with van der Waals surface area (Å²) in [6, 6.07) is 20.5. The smallest absolute Gasteiger partial charge is 0.185 e. The van der Waals surface area contributed by atoms with Crippen LogP contribution in [-0.2, 0) is 0 Å². The van der Waals surface area contributed by atoms with Crippen molar-refractivity contribution in [2.45, 2.75) is 0 Å². The number of hydrogen-bond donors (Lipinski definition) is 2. The molecule has 0 aliphatic rings. The first-order valence-electron chi connectivity index (χ1n) is 7.57. The van der Waals surface area contributed by atoms with Crippen LogP contribution in [0.25, 0.3) is 6.08 Å². The minimum Gasteiger partial charge on any atom is -0.396 e. The van der Waals surface area contributed by atoms with Crippen molar-refractivity contribution in [1.29, 1.82) is 0 Å². The van der Waals surface area contributed by atoms with Crippen LogP contribution in [-0.4, -0.2) is 10.8 Å². The number of hydrogen-bond acceptors (Lipinski definition) is 4. The molecule has 1 aromatic heterocycles. The first kappa shape index (κ1) is 15.5. The van der Waals surface area contributed by atoms with E-state index in [0.717, 1.165) is 11.3 Å². The fourth-order valence-corrected chi connectivity index (χ4v) is 2.25. The summed E-state index contributed by atoms with van der Waals surface area (Å²) in [5.41, 5.74) is 8.91. The van der Waals surface area contributed by atoms with E-state index in [1.165, 1.54) is 0 Å². The lowest BCUT2D eigenvalue weighted by molar-refractivity contribution is 0.104. The highest BCUT2D eigenvalue weighted by Crippen LogP contribution is 2.21. The van der Waals surface area contributed by atoms with Crippen molar-refractivity contribution in [3.63, 3.8) is 0 Å². The zero-order valence-corrected chi connectivity index (χ0v) is 13.0. The van der Waals surface area contributed by atoms with E-state index in [1.807, 2.05) is 42.5 Å². The summed E-state index contributed by atoms with van der Waals surface area (Å²) < 4.78 is 0. The summed E-state index contributed by atoms with van der Waals surface area (Å²) in [7, 11) is 0. The molecule has 2 aromatic carbocycles. The third-order valence-corrected chi connectivity index (χ3v) is 3.47. The zero-order chi connectivity index (χ0) is 16.8. The number of pyridine rings is 1. The minimum absolute atomic E-state index is 0.0251. The largest absolute Gasteiger partial charge is 0.396 e. The predicted octanol–water partition coefficient (Wildman–Crippen LogP) is 4.30. The van der Waals surface area contributed by atoms with Gasteiger partial charge in [-0.2, -0.15) is 0 Å². The van der Waals surface area contributed by atoms with Gasteiger partial charge in [0, 0.05) is 17.4 Å². The molecule has 3 aromatic rings. The van der Waals surface area contributed by atoms with Gasteiger partial charge in [0.15, 0.2) is 11.6 Å². The van der Waals surface area contributed by atoms with E-state index in [9.17, 15) is 4.79 Å². The second-order valence-corrected chi connectivity index (χ2v) is 5.26. The fourth-order valence-electron chi connectivity index (χ4n) is 2.25. The second-order valence-electron chi connectivity index (χ2n) is 5.26. The number of ketones is 1. The normalized spacial score (nSPS) is 10.7. The minimum atomic E-state index is -0.0251. The van der Waals surface area contributed by atoms with Gasteiger partial charge in [-0.25, -0.2) is 4.98 Å². The summed E-state index contributed by atoms with van der Waals surface area (Å²) in [5, 5.41) is 3.18. The molecule has 0 bridgehead atoms. The molecular formula is C20H17N3O. The fraction of sp³-hybridized carbons (Fsp3) is 0. The molecule has 0 fully saturated rings. The standard InChI is InChI=1S/C20H17N3O/c21-18-10-5-13-22-20(18)23-17-9-4-6-15(14-17)11-12-19(24)16-7-2-1-3-8-16/h1-14H,21H2,(H,22,23)/b12-11+. The average Bonchev–Trinajstić information content (AvgIpc) is 2.63. The maximum atomic E-state index is 12.1. The van der Waals surface area contributed by atoms with Crippen molar-refractivity contribution < 1.29 is 4.79 Å². The number of benzene rings is 2. The van der Waals surface area contributed by atoms with Crippen LogP contribution in [0.4, 0.5) is 17.2 Å². The number of carbonyl (C=O) groups excluding carboxylic acids is 1. The average molecular weight is 315 g/mol. The van der Waals surface area contributed by atoms with Crippen LogP contribution in [0.2, 0.25) is 0 Å². The quantitative estimate of drug-likeness (QED) is 0.544. The number of carbonyl (C=O) groups is 1. The molecule has 0 radical (unpaired) electrons. The van der Waals surface area contributed by atoms with Gasteiger partial charge in [-0.1, -0.05) is 48.5 Å². The molecule has 24 heavy (non-hydrogen) atoms. The van der Waals surface area contributed by atoms with E-state index in [1.54, 1.807) is 42.6 Å². The first-order valence-corrected chi connectivity index (χ1v) is 7.57. The lowest BCUT2D eigenvalue weighted by Crippen LogP contribution is -1.98. The number of nitrogens with zero attached hydrogens (tertiary/aromatic N) is 1. The van der Waals surface area contributed by atoms with Crippen LogP contribution in [0.15, 0.2) is 79.0 Å². The van der Waals surface area contributed by atoms with Crippen molar-refractivity contribution in [1.82, 2.24) is 4.98 Å². The van der Waals surface area contributed by atoms with E-state index in [4.69, 9.17) is 5.73 Å². The molecule has 0 saturated carbocycles. The van der Waals surface area contributed by atoms with E-state index in [-0.39, 0.29) is 5.78 Å². The third kappa shape index (κ3) is 3.87. The Morgan fingerprint density at radius 1 is 1.00 bits per heavy atom. The van der Waals surface area contributed by atoms with Crippen LogP contribution < -0.4 is 11.1 Å². The highest BCUT2D eigenvalue weighted by molar-refractivity contribution is 6.06. The van der Waals surface area contributed by atoms with Crippen molar-refractivity contribution in [3.05, 3.63) is 90.1 Å². The molecule has 0 aliphatic carbocycles. The maximum absolute atomic E-state index is 12.1. The Hall–Kier alpha value is -3.40. The van der Waals surface area contributed by atoms with Gasteiger partial charge in [-0.15, -0.1) is 0 Å². The Balaban J connectivity index is 1.75. The van der Waals surface area contributed by atoms with Gasteiger partial charge in [0.1, 0.15) is 0 Å². The number of aromatic nitrogens is 1. The topological polar surface area (TPSA) is 68.0 Å². The van der Waals surface area contributed by atoms with Gasteiger partial charge in [0.2, 0.25) is 0 Å². The molecule has 0 aliphatic heterocycles. The van der Waals surface area contributed by atoms with Crippen molar-refractivity contribution in [2.75, 3.05) is 11.1 Å². The Morgan fingerprint density at radius 3 is 2.62 bits per heavy atom. The van der Waals surface area contributed by atoms with E-state index in [0.29, 0.717) is 17.1 Å². The summed E-state index contributed by atoms with van der Waals surface area (Å²) >= 11 is 0. The Bertz CT molecular complexity index is 873. The number of nitrogen functional groups attached to an aromatic ring is 1. The van der Waals surface area contributed by atoms with E-state index in [2.05, 4.69) is 10.3 Å². The summed E-state index contributed by atoms with van der Waals surface area (Å²) in [6.07, 6.45) is 5.05. The third-order valence-electron chi connectivity index (χ3n) is 3.47. The molecule has 4 nitrogen and oxygen atoms in total. The lowest BCUT2D eigenvalue weighted by Gasteiger charge is -2.08. The lowest BCUT2D eigenvalue weighted by atomic mass is 10.1. The Morgan fingerprint density at radius 2 is 1.83 bits per heavy atom. The molecule has 0 spiro atoms. The van der Waals surface area contributed by atoms with Gasteiger partial charge in [0.25, 0.3) is 0 Å². The number of rotatable bonds is 5. The maximum Gasteiger partial charge on any atom is 0.185 e. The molecule has 0 amide bonds. The summed E-state index contributed by atoms with van der Waals surface area (Å²) in [5.74, 6) is 0.585. The van der Waals surface area contributed by atoms with Gasteiger partial charge >= 0.3 is 0 Å². The van der Waals surface area contributed by atoms with E-state index < -0.39 is 0 Å². The van der Waals surface area contributed by atoms with Crippen LogP contribution in [0, 0.1) is 0 Å². The molecular weight excluding hydrogens is 298 g/mol. The zero-order valence-electron chi connectivity index (χ0n) is 13.0. The van der Waals surface area contributed by atoms with Gasteiger partial charge in [-0.3, -0.25) is 4.79 Å². The van der Waals surface area contributed by atoms with Crippen LogP contribution in [0.1, 0.15) is 15.9 Å². The molecule has 4 heteroatoms. The van der Waals surface area contributed by atoms with E-state index >= 15 is 0 Å². The second kappa shape index (κ2) is 7.24. The van der Waals surface area contributed by atoms with Crippen LogP contribution >= 0.6 is 0 Å². The monoisotopic (exact) mass is 315 g/mol. The predicted molar refractivity (Wildman–Crippen MR) is 98.2 cm³/mol. The number of nitrogens with one attached hydrogen (secondary N) is 1. The Kier molecular flexibility index (Phi) is 4.68. The molecule has 118 valence electrons. The molecule has 3 N–H and O–H groups in total. The number of nitrogens with two attached hydrogens (primary N) is 1. The molecule has 0 unspecified atom stereocenters. The summed E-state index contributed by atoms with van der Waals surface area (Å²) in [6.45, 7) is 0. The van der Waals surface area contributed by atoms with Gasteiger partial charge < -0.3 is 11.1 Å². The molecule has 0 saturated heterocycles. The highest BCUT2D eigenvalue weighted by Gasteiger charge is 2.02. The Labute approximate surface area is 140 Å². The van der Waals surface area contributed by atoms with Crippen molar-refractivity contribution in [2.24, 2.45) is 0 Å². The summed E-state index contributed by atoms with van der Waals surface area (Å²) in [4.78, 5) is 16.3. The highest BCUT2D eigenvalue weighted by atomic mass is 16.1. The SMILES string of the molecule is Nc1cccnc1Nc1cccc(/C=C/C(=O)c2ccccc2)c1. The molecule has 1 heterocycles.